The Morgan fingerprint density at radius 3 is 1.50 bits per heavy atom. The van der Waals surface area contributed by atoms with Crippen molar-refractivity contribution in [3.8, 4) is 0 Å². The molecular formula is C8H19NO3. The van der Waals surface area contributed by atoms with E-state index in [1.165, 1.54) is 19.6 Å². The highest BCUT2D eigenvalue weighted by Gasteiger charge is 1.92. The lowest BCUT2D eigenvalue weighted by molar-refractivity contribution is -0.894. The number of nitrogens with one attached hydrogen (secondary N) is 1. The average Bonchev–Trinajstić information content (AvgIpc) is 2.09. The lowest BCUT2D eigenvalue weighted by Gasteiger charge is -2.10. The highest BCUT2D eigenvalue weighted by atomic mass is 16.4. The van der Waals surface area contributed by atoms with Gasteiger partial charge in [0.25, 0.3) is 0 Å². The van der Waals surface area contributed by atoms with Gasteiger partial charge in [-0.2, -0.15) is 0 Å². The molecule has 2 N–H and O–H groups in total. The van der Waals surface area contributed by atoms with Crippen molar-refractivity contribution in [3.63, 3.8) is 0 Å². The molecule has 0 saturated carbocycles. The normalized spacial score (nSPS) is 9.08. The molecule has 0 unspecified atom stereocenters. The van der Waals surface area contributed by atoms with Crippen LogP contribution in [0.15, 0.2) is 0 Å². The molecule has 0 aliphatic heterocycles. The molecule has 0 atom stereocenters. The summed E-state index contributed by atoms with van der Waals surface area (Å²) >= 11 is 0. The van der Waals surface area contributed by atoms with Gasteiger partial charge in [-0.05, 0) is 20.8 Å². The first-order chi connectivity index (χ1) is 5.62. The van der Waals surface area contributed by atoms with E-state index in [1.807, 2.05) is 0 Å². The van der Waals surface area contributed by atoms with Crippen LogP contribution >= 0.6 is 0 Å². The van der Waals surface area contributed by atoms with Crippen molar-refractivity contribution in [1.29, 1.82) is 0 Å². The van der Waals surface area contributed by atoms with Gasteiger partial charge in [0.1, 0.15) is 0 Å². The summed E-state index contributed by atoms with van der Waals surface area (Å²) in [5.41, 5.74) is 0. The van der Waals surface area contributed by atoms with E-state index in [9.17, 15) is 0 Å². The van der Waals surface area contributed by atoms with E-state index in [1.54, 1.807) is 4.90 Å². The van der Waals surface area contributed by atoms with Crippen molar-refractivity contribution in [3.05, 3.63) is 0 Å². The molecule has 0 fully saturated rings. The Morgan fingerprint density at radius 1 is 1.25 bits per heavy atom. The zero-order chi connectivity index (χ0) is 9.98. The summed E-state index contributed by atoms with van der Waals surface area (Å²) < 4.78 is 0. The van der Waals surface area contributed by atoms with Gasteiger partial charge in [-0.15, -0.1) is 0 Å². The molecule has 0 aliphatic carbocycles. The van der Waals surface area contributed by atoms with E-state index in [0.29, 0.717) is 0 Å². The first-order valence-electron chi connectivity index (χ1n) is 4.26. The van der Waals surface area contributed by atoms with Gasteiger partial charge in [0.2, 0.25) is 0 Å². The van der Waals surface area contributed by atoms with Crippen LogP contribution < -0.4 is 10.0 Å². The first-order valence-corrected chi connectivity index (χ1v) is 4.26. The van der Waals surface area contributed by atoms with Crippen LogP contribution in [0.5, 0.6) is 0 Å². The molecule has 0 aromatic carbocycles. The number of quaternary nitrogens is 1. The summed E-state index contributed by atoms with van der Waals surface area (Å²) in [6.45, 7) is 9.60. The van der Waals surface area contributed by atoms with Crippen LogP contribution in [0.4, 0.5) is 0 Å². The minimum atomic E-state index is -1.44. The van der Waals surface area contributed by atoms with Crippen molar-refractivity contribution in [1.82, 2.24) is 0 Å². The van der Waals surface area contributed by atoms with Crippen molar-refractivity contribution in [2.75, 3.05) is 26.2 Å². The number of carbonyl (C=O) groups is 1. The van der Waals surface area contributed by atoms with Crippen molar-refractivity contribution in [2.45, 2.75) is 20.8 Å². The highest BCUT2D eigenvalue weighted by Crippen LogP contribution is 1.45. The number of aliphatic hydroxyl groups excluding tert-OH is 1. The molecule has 74 valence electrons. The quantitative estimate of drug-likeness (QED) is 0.506. The van der Waals surface area contributed by atoms with Crippen LogP contribution in [-0.2, 0) is 4.79 Å². The Labute approximate surface area is 73.8 Å². The largest absolute Gasteiger partial charge is 0.548 e. The summed E-state index contributed by atoms with van der Waals surface area (Å²) in [5, 5.41) is 16.5. The molecule has 0 radical (unpaired) electrons. The fourth-order valence-corrected chi connectivity index (χ4v) is 0.750. The minimum absolute atomic E-state index is 0.889. The highest BCUT2D eigenvalue weighted by molar-refractivity contribution is 5.65. The van der Waals surface area contributed by atoms with Gasteiger partial charge in [-0.1, -0.05) is 0 Å². The van der Waals surface area contributed by atoms with Crippen LogP contribution in [-0.4, -0.2) is 37.3 Å². The molecule has 4 heteroatoms. The lowest BCUT2D eigenvalue weighted by Crippen LogP contribution is -3.11. The van der Waals surface area contributed by atoms with Gasteiger partial charge in [0.05, 0.1) is 32.2 Å². The molecule has 0 aromatic rings. The van der Waals surface area contributed by atoms with E-state index in [-0.39, 0.29) is 0 Å². The molecule has 0 aromatic heterocycles. The fraction of sp³-hybridized carbons (Fsp3) is 0.875. The molecule has 0 aliphatic rings. The van der Waals surface area contributed by atoms with Crippen LogP contribution in [0.3, 0.4) is 0 Å². The molecule has 0 bridgehead atoms. The number of carboxylic acids is 1. The Hall–Kier alpha value is -0.610. The number of carbonyl (C=O) groups excluding carboxylic acids is 1. The van der Waals surface area contributed by atoms with Crippen LogP contribution in [0, 0.1) is 0 Å². The standard InChI is InChI=1S/C6H15N.C2H4O3/c1-4-7(5-2)6-3;3-1-2(4)5/h4-6H2,1-3H3;3H,1H2,(H,4,5). The number of hydrogen-bond acceptors (Lipinski definition) is 3. The van der Waals surface area contributed by atoms with Crippen molar-refractivity contribution >= 4 is 5.97 Å². The van der Waals surface area contributed by atoms with Gasteiger partial charge in [0, 0.05) is 0 Å². The third-order valence-corrected chi connectivity index (χ3v) is 1.63. The molecule has 0 heterocycles. The Balaban J connectivity index is 0. The molecule has 12 heavy (non-hydrogen) atoms. The predicted molar refractivity (Wildman–Crippen MR) is 44.7 cm³/mol. The zero-order valence-electron chi connectivity index (χ0n) is 8.09. The van der Waals surface area contributed by atoms with E-state index >= 15 is 0 Å². The Kier molecular flexibility index (Phi) is 12.1. The minimum Gasteiger partial charge on any atom is -0.548 e. The Morgan fingerprint density at radius 2 is 1.50 bits per heavy atom. The lowest BCUT2D eigenvalue weighted by atomic mass is 10.5. The number of hydrogen-bond donors (Lipinski definition) is 2. The van der Waals surface area contributed by atoms with Crippen molar-refractivity contribution in [2.24, 2.45) is 0 Å². The maximum atomic E-state index is 9.01. The maximum Gasteiger partial charge on any atom is 0.0826 e. The second-order valence-corrected chi connectivity index (χ2v) is 2.34. The number of aliphatic hydroxyl groups is 1. The summed E-state index contributed by atoms with van der Waals surface area (Å²) in [4.78, 5) is 10.7. The molecule has 0 rings (SSSR count). The summed E-state index contributed by atoms with van der Waals surface area (Å²) in [6, 6.07) is 0. The van der Waals surface area contributed by atoms with E-state index in [0.717, 1.165) is 0 Å². The SMILES string of the molecule is CC[NH+](CC)CC.O=C([O-])CO. The van der Waals surface area contributed by atoms with E-state index < -0.39 is 12.6 Å². The Bertz CT molecular complexity index is 97.0. The van der Waals surface area contributed by atoms with Crippen LogP contribution in [0.2, 0.25) is 0 Å². The molecule has 0 amide bonds. The van der Waals surface area contributed by atoms with Gasteiger partial charge in [0.15, 0.2) is 0 Å². The summed E-state index contributed by atoms with van der Waals surface area (Å²) in [5.74, 6) is -1.44. The summed E-state index contributed by atoms with van der Waals surface area (Å²) in [6.07, 6.45) is 0. The summed E-state index contributed by atoms with van der Waals surface area (Å²) in [7, 11) is 0. The monoisotopic (exact) mass is 177 g/mol. The third kappa shape index (κ3) is 12.1. The average molecular weight is 177 g/mol. The topological polar surface area (TPSA) is 64.8 Å². The molecule has 0 spiro atoms. The fourth-order valence-electron chi connectivity index (χ4n) is 0.750. The smallest absolute Gasteiger partial charge is 0.0826 e. The number of carboxylic acid groups (broad SMARTS) is 1. The van der Waals surface area contributed by atoms with Crippen molar-refractivity contribution < 1.29 is 19.9 Å². The maximum absolute atomic E-state index is 9.01. The van der Waals surface area contributed by atoms with E-state index in [4.69, 9.17) is 15.0 Å². The molecule has 0 saturated heterocycles. The third-order valence-electron chi connectivity index (χ3n) is 1.63. The van der Waals surface area contributed by atoms with Gasteiger partial charge >= 0.3 is 0 Å². The number of rotatable bonds is 4. The van der Waals surface area contributed by atoms with Gasteiger partial charge in [-0.3, -0.25) is 0 Å². The molecule has 4 nitrogen and oxygen atoms in total. The van der Waals surface area contributed by atoms with Crippen LogP contribution in [0.1, 0.15) is 20.8 Å². The van der Waals surface area contributed by atoms with Gasteiger partial charge < -0.3 is 19.9 Å². The second-order valence-electron chi connectivity index (χ2n) is 2.34. The first kappa shape index (κ1) is 13.9. The molecular weight excluding hydrogens is 158 g/mol. The van der Waals surface area contributed by atoms with Gasteiger partial charge in [-0.25, -0.2) is 0 Å². The zero-order valence-corrected chi connectivity index (χ0v) is 8.09. The second kappa shape index (κ2) is 10.4. The predicted octanol–water partition coefficient (Wildman–Crippen LogP) is -2.34. The van der Waals surface area contributed by atoms with E-state index in [2.05, 4.69) is 20.8 Å². The van der Waals surface area contributed by atoms with Crippen LogP contribution in [0.25, 0.3) is 0 Å². The number of aliphatic carboxylic acids is 1.